The first-order valence-electron chi connectivity index (χ1n) is 7.54. The second-order valence-corrected chi connectivity index (χ2v) is 6.86. The van der Waals surface area contributed by atoms with Gasteiger partial charge in [0.1, 0.15) is 0 Å². The molecule has 3 rings (SSSR count). The lowest BCUT2D eigenvalue weighted by molar-refractivity contribution is -0.113. The standard InChI is InChI=1S/C18H15Cl2N3OS/c1-10-15(17(24)22-14-8-6-13(20)7-9-14)16(23-18(25)21-10)11-2-4-12(19)5-3-11/h2-9,16H,1H3,(H,22,24)(H2,21,23,25)/t16-/m0/s1. The zero-order valence-electron chi connectivity index (χ0n) is 13.3. The zero-order chi connectivity index (χ0) is 18.0. The normalized spacial score (nSPS) is 16.9. The lowest BCUT2D eigenvalue weighted by atomic mass is 9.95. The minimum Gasteiger partial charge on any atom is -0.351 e. The molecule has 1 atom stereocenters. The maximum absolute atomic E-state index is 12.9. The highest BCUT2D eigenvalue weighted by Gasteiger charge is 2.29. The van der Waals surface area contributed by atoms with Crippen LogP contribution in [0.2, 0.25) is 10.0 Å². The van der Waals surface area contributed by atoms with Crippen molar-refractivity contribution >= 4 is 52.1 Å². The number of carbonyl (C=O) groups excluding carboxylic acids is 1. The predicted octanol–water partition coefficient (Wildman–Crippen LogP) is 4.42. The smallest absolute Gasteiger partial charge is 0.255 e. The summed E-state index contributed by atoms with van der Waals surface area (Å²) in [5.41, 5.74) is 2.83. The van der Waals surface area contributed by atoms with Crippen LogP contribution in [-0.4, -0.2) is 11.0 Å². The summed E-state index contributed by atoms with van der Waals surface area (Å²) in [6, 6.07) is 13.9. The first-order chi connectivity index (χ1) is 11.9. The van der Waals surface area contributed by atoms with E-state index in [0.717, 1.165) is 5.56 Å². The number of amides is 1. The average molecular weight is 392 g/mol. The molecule has 1 aliphatic heterocycles. The molecule has 3 N–H and O–H groups in total. The van der Waals surface area contributed by atoms with Crippen LogP contribution in [0.4, 0.5) is 5.69 Å². The maximum atomic E-state index is 12.9. The summed E-state index contributed by atoms with van der Waals surface area (Å²) in [4.78, 5) is 12.9. The van der Waals surface area contributed by atoms with Crippen molar-refractivity contribution in [3.63, 3.8) is 0 Å². The summed E-state index contributed by atoms with van der Waals surface area (Å²) in [7, 11) is 0. The molecular weight excluding hydrogens is 377 g/mol. The number of hydrogen-bond donors (Lipinski definition) is 3. The van der Waals surface area contributed by atoms with Gasteiger partial charge in [-0.1, -0.05) is 35.3 Å². The largest absolute Gasteiger partial charge is 0.351 e. The van der Waals surface area contributed by atoms with Crippen molar-refractivity contribution in [3.8, 4) is 0 Å². The Morgan fingerprint density at radius 1 is 1.04 bits per heavy atom. The number of carbonyl (C=O) groups is 1. The number of anilines is 1. The summed E-state index contributed by atoms with van der Waals surface area (Å²) in [5, 5.41) is 10.8. The third-order valence-electron chi connectivity index (χ3n) is 3.82. The molecule has 2 aromatic rings. The number of nitrogens with one attached hydrogen (secondary N) is 3. The minimum atomic E-state index is -0.363. The molecule has 0 saturated heterocycles. The highest BCUT2D eigenvalue weighted by atomic mass is 35.5. The Bertz CT molecular complexity index is 848. The fourth-order valence-corrected chi connectivity index (χ4v) is 3.15. The Kier molecular flexibility index (Phi) is 5.27. The molecule has 128 valence electrons. The van der Waals surface area contributed by atoms with Gasteiger partial charge in [0.05, 0.1) is 11.6 Å². The van der Waals surface area contributed by atoms with Crippen molar-refractivity contribution in [3.05, 3.63) is 75.4 Å². The van der Waals surface area contributed by atoms with Crippen molar-refractivity contribution in [1.82, 2.24) is 10.6 Å². The number of rotatable bonds is 3. The van der Waals surface area contributed by atoms with E-state index in [1.165, 1.54) is 0 Å². The summed E-state index contributed by atoms with van der Waals surface area (Å²) in [6.07, 6.45) is 0. The van der Waals surface area contributed by atoms with Crippen molar-refractivity contribution in [2.45, 2.75) is 13.0 Å². The van der Waals surface area contributed by atoms with Crippen LogP contribution in [0.15, 0.2) is 59.8 Å². The topological polar surface area (TPSA) is 53.2 Å². The van der Waals surface area contributed by atoms with E-state index in [-0.39, 0.29) is 11.9 Å². The Morgan fingerprint density at radius 3 is 2.20 bits per heavy atom. The van der Waals surface area contributed by atoms with E-state index < -0.39 is 0 Å². The molecule has 4 nitrogen and oxygen atoms in total. The molecule has 2 aromatic carbocycles. The van der Waals surface area contributed by atoms with E-state index in [1.54, 1.807) is 36.4 Å². The van der Waals surface area contributed by atoms with Gasteiger partial charge in [-0.25, -0.2) is 0 Å². The molecular formula is C18H15Cl2N3OS. The highest BCUT2D eigenvalue weighted by Crippen LogP contribution is 2.28. The lowest BCUT2D eigenvalue weighted by Crippen LogP contribution is -2.45. The fraction of sp³-hybridized carbons (Fsp3) is 0.111. The number of hydrogen-bond acceptors (Lipinski definition) is 2. The highest BCUT2D eigenvalue weighted by molar-refractivity contribution is 7.80. The zero-order valence-corrected chi connectivity index (χ0v) is 15.6. The van der Waals surface area contributed by atoms with Gasteiger partial charge in [-0.2, -0.15) is 0 Å². The van der Waals surface area contributed by atoms with E-state index in [4.69, 9.17) is 35.4 Å². The van der Waals surface area contributed by atoms with Crippen molar-refractivity contribution in [1.29, 1.82) is 0 Å². The van der Waals surface area contributed by atoms with E-state index in [0.29, 0.717) is 32.1 Å². The fourth-order valence-electron chi connectivity index (χ4n) is 2.63. The van der Waals surface area contributed by atoms with Crippen molar-refractivity contribution in [2.24, 2.45) is 0 Å². The van der Waals surface area contributed by atoms with Crippen LogP contribution < -0.4 is 16.0 Å². The molecule has 0 radical (unpaired) electrons. The van der Waals surface area contributed by atoms with Gasteiger partial charge >= 0.3 is 0 Å². The van der Waals surface area contributed by atoms with Crippen LogP contribution in [-0.2, 0) is 4.79 Å². The number of allylic oxidation sites excluding steroid dienone is 1. The molecule has 1 heterocycles. The molecule has 0 fully saturated rings. The number of thiocarbonyl (C=S) groups is 1. The third-order valence-corrected chi connectivity index (χ3v) is 4.54. The predicted molar refractivity (Wildman–Crippen MR) is 106 cm³/mol. The van der Waals surface area contributed by atoms with Gasteiger partial charge in [0.2, 0.25) is 0 Å². The Labute approximate surface area is 161 Å². The molecule has 0 bridgehead atoms. The molecule has 1 aliphatic rings. The molecule has 0 saturated carbocycles. The van der Waals surface area contributed by atoms with Crippen LogP contribution in [0.3, 0.4) is 0 Å². The first kappa shape index (κ1) is 17.7. The van der Waals surface area contributed by atoms with Gasteiger partial charge in [-0.05, 0) is 61.1 Å². The van der Waals surface area contributed by atoms with E-state index in [9.17, 15) is 4.79 Å². The average Bonchev–Trinajstić information content (AvgIpc) is 2.57. The van der Waals surface area contributed by atoms with Crippen LogP contribution in [0.25, 0.3) is 0 Å². The van der Waals surface area contributed by atoms with Crippen molar-refractivity contribution in [2.75, 3.05) is 5.32 Å². The van der Waals surface area contributed by atoms with Gasteiger partial charge in [-0.15, -0.1) is 0 Å². The Morgan fingerprint density at radius 2 is 1.60 bits per heavy atom. The Balaban J connectivity index is 1.92. The summed E-state index contributed by atoms with van der Waals surface area (Å²) >= 11 is 17.1. The summed E-state index contributed by atoms with van der Waals surface area (Å²) in [5.74, 6) is -0.220. The summed E-state index contributed by atoms with van der Waals surface area (Å²) in [6.45, 7) is 1.83. The first-order valence-corrected chi connectivity index (χ1v) is 8.71. The SMILES string of the molecule is CC1=C(C(=O)Nc2ccc(Cl)cc2)[C@H](c2ccc(Cl)cc2)NC(=S)N1. The monoisotopic (exact) mass is 391 g/mol. The van der Waals surface area contributed by atoms with E-state index in [1.807, 2.05) is 19.1 Å². The van der Waals surface area contributed by atoms with E-state index in [2.05, 4.69) is 16.0 Å². The molecule has 0 aliphatic carbocycles. The molecule has 0 unspecified atom stereocenters. The Hall–Kier alpha value is -2.08. The van der Waals surface area contributed by atoms with Crippen LogP contribution in [0.5, 0.6) is 0 Å². The van der Waals surface area contributed by atoms with Gasteiger partial charge in [0.15, 0.2) is 5.11 Å². The summed E-state index contributed by atoms with van der Waals surface area (Å²) < 4.78 is 0. The van der Waals surface area contributed by atoms with Crippen LogP contribution >= 0.6 is 35.4 Å². The third kappa shape index (κ3) is 4.12. The van der Waals surface area contributed by atoms with Gasteiger partial charge in [0, 0.05) is 21.4 Å². The van der Waals surface area contributed by atoms with E-state index >= 15 is 0 Å². The molecule has 0 aromatic heterocycles. The maximum Gasteiger partial charge on any atom is 0.255 e. The molecule has 0 spiro atoms. The van der Waals surface area contributed by atoms with Gasteiger partial charge in [0.25, 0.3) is 5.91 Å². The molecule has 7 heteroatoms. The number of benzene rings is 2. The molecule has 1 amide bonds. The second-order valence-electron chi connectivity index (χ2n) is 5.58. The van der Waals surface area contributed by atoms with Gasteiger partial charge < -0.3 is 16.0 Å². The van der Waals surface area contributed by atoms with Gasteiger partial charge in [-0.3, -0.25) is 4.79 Å². The quantitative estimate of drug-likeness (QED) is 0.677. The molecule has 25 heavy (non-hydrogen) atoms. The lowest BCUT2D eigenvalue weighted by Gasteiger charge is -2.30. The van der Waals surface area contributed by atoms with Crippen LogP contribution in [0.1, 0.15) is 18.5 Å². The van der Waals surface area contributed by atoms with Crippen molar-refractivity contribution < 1.29 is 4.79 Å². The minimum absolute atomic E-state index is 0.220. The van der Waals surface area contributed by atoms with Crippen LogP contribution in [0, 0.1) is 0 Å². The second kappa shape index (κ2) is 7.44. The number of halogens is 2.